The third-order valence-electron chi connectivity index (χ3n) is 4.38. The van der Waals surface area contributed by atoms with Crippen LogP contribution < -0.4 is 4.74 Å². The molecule has 4 heteroatoms. The second kappa shape index (κ2) is 7.23. The van der Waals surface area contributed by atoms with E-state index in [1.807, 2.05) is 6.92 Å². The monoisotopic (exact) mass is 296 g/mol. The molecule has 21 heavy (non-hydrogen) atoms. The van der Waals surface area contributed by atoms with Gasteiger partial charge in [-0.15, -0.1) is 0 Å². The summed E-state index contributed by atoms with van der Waals surface area (Å²) < 4.78 is 24.6. The molecule has 0 saturated heterocycles. The molecular weight excluding hydrogens is 271 g/mol. The van der Waals surface area contributed by atoms with Gasteiger partial charge in [0.1, 0.15) is 0 Å². The summed E-state index contributed by atoms with van der Waals surface area (Å²) >= 11 is 0. The van der Waals surface area contributed by atoms with Crippen molar-refractivity contribution < 1.29 is 19.0 Å². The van der Waals surface area contributed by atoms with E-state index in [0.29, 0.717) is 13.0 Å². The van der Waals surface area contributed by atoms with Crippen LogP contribution in [0.3, 0.4) is 0 Å². The molecule has 1 atom stereocenters. The smallest absolute Gasteiger partial charge is 0.165 e. The Hall–Kier alpha value is -1.13. The summed E-state index contributed by atoms with van der Waals surface area (Å²) in [5, 5.41) is 10.6. The molecule has 1 aromatic rings. The molecule has 0 spiro atoms. The first-order valence-electron chi connectivity index (χ1n) is 7.76. The Kier molecular flexibility index (Phi) is 5.59. The molecule has 1 N–H and O–H groups in total. The lowest BCUT2D eigenvalue weighted by Crippen LogP contribution is -2.47. The minimum Gasteiger partial charge on any atom is -0.494 e. The van der Waals surface area contributed by atoms with E-state index in [2.05, 4.69) is 0 Å². The van der Waals surface area contributed by atoms with E-state index in [9.17, 15) is 9.50 Å². The first-order chi connectivity index (χ1) is 10.1. The van der Waals surface area contributed by atoms with Crippen molar-refractivity contribution in [3.8, 4) is 5.75 Å². The number of aliphatic hydroxyl groups excluding tert-OH is 1. The molecule has 0 bridgehead atoms. The molecule has 1 aromatic carbocycles. The number of hydrogen-bond acceptors (Lipinski definition) is 3. The Morgan fingerprint density at radius 2 is 2.00 bits per heavy atom. The van der Waals surface area contributed by atoms with Crippen molar-refractivity contribution in [1.82, 2.24) is 0 Å². The summed E-state index contributed by atoms with van der Waals surface area (Å²) in [5.41, 5.74) is 0.300. The van der Waals surface area contributed by atoms with Gasteiger partial charge in [0, 0.05) is 13.0 Å². The zero-order chi connectivity index (χ0) is 15.3. The third kappa shape index (κ3) is 3.74. The van der Waals surface area contributed by atoms with Crippen LogP contribution in [0, 0.1) is 5.82 Å². The number of benzene rings is 1. The maximum atomic E-state index is 13.7. The van der Waals surface area contributed by atoms with Crippen LogP contribution in [0.15, 0.2) is 18.2 Å². The average molecular weight is 296 g/mol. The molecule has 0 radical (unpaired) electrons. The van der Waals surface area contributed by atoms with Gasteiger partial charge < -0.3 is 14.6 Å². The van der Waals surface area contributed by atoms with Crippen molar-refractivity contribution in [3.05, 3.63) is 29.6 Å². The molecule has 1 saturated carbocycles. The zero-order valence-electron chi connectivity index (χ0n) is 12.9. The molecule has 0 amide bonds. The van der Waals surface area contributed by atoms with E-state index in [1.165, 1.54) is 19.6 Å². The fourth-order valence-electron chi connectivity index (χ4n) is 3.26. The summed E-state index contributed by atoms with van der Waals surface area (Å²) in [4.78, 5) is 0. The topological polar surface area (TPSA) is 38.7 Å². The SMILES string of the molecule is CCOC1(C(O)Cc2ccc(OC)c(F)c2)CCCCC1. The lowest BCUT2D eigenvalue weighted by atomic mass is 9.78. The van der Waals surface area contributed by atoms with Gasteiger partial charge in [0.05, 0.1) is 18.8 Å². The minimum absolute atomic E-state index is 0.227. The van der Waals surface area contributed by atoms with Gasteiger partial charge in [0.25, 0.3) is 0 Å². The van der Waals surface area contributed by atoms with Gasteiger partial charge in [-0.3, -0.25) is 0 Å². The molecule has 2 rings (SSSR count). The standard InChI is InChI=1S/C17H25FO3/c1-3-21-17(9-5-4-6-10-17)16(19)12-13-7-8-15(20-2)14(18)11-13/h7-8,11,16,19H,3-6,9-10,12H2,1-2H3. The number of aliphatic hydroxyl groups is 1. The number of methoxy groups -OCH3 is 1. The van der Waals surface area contributed by atoms with Gasteiger partial charge in [-0.2, -0.15) is 0 Å². The van der Waals surface area contributed by atoms with Gasteiger partial charge in [0.2, 0.25) is 0 Å². The van der Waals surface area contributed by atoms with Gasteiger partial charge in [0.15, 0.2) is 11.6 Å². The Morgan fingerprint density at radius 1 is 1.29 bits per heavy atom. The highest BCUT2D eigenvalue weighted by molar-refractivity contribution is 5.29. The maximum absolute atomic E-state index is 13.7. The number of halogens is 1. The third-order valence-corrected chi connectivity index (χ3v) is 4.38. The highest BCUT2D eigenvalue weighted by Gasteiger charge is 2.39. The van der Waals surface area contributed by atoms with Crippen LogP contribution in [0.1, 0.15) is 44.6 Å². The van der Waals surface area contributed by atoms with Crippen molar-refractivity contribution in [2.24, 2.45) is 0 Å². The molecule has 118 valence electrons. The first-order valence-corrected chi connectivity index (χ1v) is 7.76. The lowest BCUT2D eigenvalue weighted by molar-refractivity contribution is -0.138. The van der Waals surface area contributed by atoms with Crippen LogP contribution in [0.4, 0.5) is 4.39 Å². The highest BCUT2D eigenvalue weighted by atomic mass is 19.1. The maximum Gasteiger partial charge on any atom is 0.165 e. The Balaban J connectivity index is 2.11. The Bertz CT molecular complexity index is 450. The summed E-state index contributed by atoms with van der Waals surface area (Å²) in [6.45, 7) is 2.55. The van der Waals surface area contributed by atoms with Gasteiger partial charge in [-0.25, -0.2) is 4.39 Å². The molecular formula is C17H25FO3. The summed E-state index contributed by atoms with van der Waals surface area (Å²) in [6, 6.07) is 4.84. The van der Waals surface area contributed by atoms with Crippen molar-refractivity contribution in [3.63, 3.8) is 0 Å². The van der Waals surface area contributed by atoms with E-state index < -0.39 is 17.5 Å². The summed E-state index contributed by atoms with van der Waals surface area (Å²) in [5.74, 6) is -0.165. The van der Waals surface area contributed by atoms with Crippen molar-refractivity contribution in [2.45, 2.75) is 57.2 Å². The normalized spacial score (nSPS) is 19.2. The van der Waals surface area contributed by atoms with Crippen molar-refractivity contribution in [1.29, 1.82) is 0 Å². The molecule has 3 nitrogen and oxygen atoms in total. The Labute approximate surface area is 126 Å². The van der Waals surface area contributed by atoms with Crippen LogP contribution in [-0.2, 0) is 11.2 Å². The van der Waals surface area contributed by atoms with Gasteiger partial charge in [-0.05, 0) is 37.5 Å². The van der Waals surface area contributed by atoms with E-state index in [4.69, 9.17) is 9.47 Å². The largest absolute Gasteiger partial charge is 0.494 e. The van der Waals surface area contributed by atoms with Crippen LogP contribution in [0.2, 0.25) is 0 Å². The van der Waals surface area contributed by atoms with E-state index in [-0.39, 0.29) is 5.75 Å². The second-order valence-electron chi connectivity index (χ2n) is 5.75. The first kappa shape index (κ1) is 16.2. The molecule has 1 aliphatic rings. The van der Waals surface area contributed by atoms with Crippen molar-refractivity contribution in [2.75, 3.05) is 13.7 Å². The summed E-state index contributed by atoms with van der Waals surface area (Å²) in [7, 11) is 1.44. The molecule has 1 unspecified atom stereocenters. The van der Waals surface area contributed by atoms with E-state index >= 15 is 0 Å². The molecule has 0 aromatic heterocycles. The second-order valence-corrected chi connectivity index (χ2v) is 5.75. The van der Waals surface area contributed by atoms with Crippen LogP contribution in [0.25, 0.3) is 0 Å². The lowest BCUT2D eigenvalue weighted by Gasteiger charge is -2.41. The zero-order valence-corrected chi connectivity index (χ0v) is 12.9. The van der Waals surface area contributed by atoms with Crippen LogP contribution in [-0.4, -0.2) is 30.5 Å². The van der Waals surface area contributed by atoms with Crippen LogP contribution >= 0.6 is 0 Å². The molecule has 0 aliphatic heterocycles. The van der Waals surface area contributed by atoms with Crippen molar-refractivity contribution >= 4 is 0 Å². The van der Waals surface area contributed by atoms with Crippen LogP contribution in [0.5, 0.6) is 5.75 Å². The fraction of sp³-hybridized carbons (Fsp3) is 0.647. The quantitative estimate of drug-likeness (QED) is 0.873. The van der Waals surface area contributed by atoms with Gasteiger partial charge in [-0.1, -0.05) is 25.3 Å². The highest BCUT2D eigenvalue weighted by Crippen LogP contribution is 2.36. The average Bonchev–Trinajstić information content (AvgIpc) is 2.48. The fourth-order valence-corrected chi connectivity index (χ4v) is 3.26. The molecule has 1 aliphatic carbocycles. The van der Waals surface area contributed by atoms with E-state index in [0.717, 1.165) is 31.2 Å². The van der Waals surface area contributed by atoms with E-state index in [1.54, 1.807) is 12.1 Å². The summed E-state index contributed by atoms with van der Waals surface area (Å²) in [6.07, 6.45) is 4.90. The predicted molar refractivity (Wildman–Crippen MR) is 80.1 cm³/mol. The molecule has 0 heterocycles. The number of rotatable bonds is 6. The minimum atomic E-state index is -0.606. The molecule has 1 fully saturated rings. The number of hydrogen-bond donors (Lipinski definition) is 1. The number of ether oxygens (including phenoxy) is 2. The predicted octanol–water partition coefficient (Wildman–Crippen LogP) is 3.48. The van der Waals surface area contributed by atoms with Gasteiger partial charge >= 0.3 is 0 Å². The Morgan fingerprint density at radius 3 is 2.57 bits per heavy atom.